The Bertz CT molecular complexity index is 2250. The zero-order valence-electron chi connectivity index (χ0n) is 30.3. The van der Waals surface area contributed by atoms with Crippen molar-refractivity contribution in [3.8, 4) is 0 Å². The molecule has 270 valence electrons. The summed E-state index contributed by atoms with van der Waals surface area (Å²) in [5.41, 5.74) is 0.904. The van der Waals surface area contributed by atoms with E-state index in [1.54, 1.807) is 12.2 Å². The van der Waals surface area contributed by atoms with Crippen LogP contribution in [0.3, 0.4) is 0 Å². The number of hydrogen-bond donors (Lipinski definition) is 4. The number of carbonyl (C=O) groups excluding carboxylic acids is 4. The summed E-state index contributed by atoms with van der Waals surface area (Å²) in [6.45, 7) is 16.7. The van der Waals surface area contributed by atoms with Crippen molar-refractivity contribution in [2.24, 2.45) is 11.8 Å². The predicted molar refractivity (Wildman–Crippen MR) is 201 cm³/mol. The van der Waals surface area contributed by atoms with Crippen molar-refractivity contribution in [1.82, 2.24) is 30.4 Å². The maximum atomic E-state index is 14.5. The minimum absolute atomic E-state index is 0.119. The van der Waals surface area contributed by atoms with Gasteiger partial charge in [-0.05, 0) is 37.1 Å². The second-order valence-corrected chi connectivity index (χ2v) is 16.0. The summed E-state index contributed by atoms with van der Waals surface area (Å²) in [7, 11) is 0. The number of H-pyrrole nitrogens is 2. The summed E-state index contributed by atoms with van der Waals surface area (Å²) in [5.74, 6) is -2.81. The molecule has 5 aliphatic rings. The van der Waals surface area contributed by atoms with Crippen molar-refractivity contribution in [2.45, 2.75) is 62.8 Å². The van der Waals surface area contributed by atoms with E-state index in [0.717, 1.165) is 44.3 Å². The molecule has 53 heavy (non-hydrogen) atoms. The fraction of sp³-hybridized carbons (Fsp3) is 0.333. The molecular formula is C42H42N6O5. The van der Waals surface area contributed by atoms with E-state index in [1.165, 1.54) is 9.80 Å². The number of allylic oxidation sites excluding steroid dienone is 2. The van der Waals surface area contributed by atoms with Gasteiger partial charge in [-0.3, -0.25) is 19.2 Å². The van der Waals surface area contributed by atoms with Crippen LogP contribution in [0.5, 0.6) is 0 Å². The first-order chi connectivity index (χ1) is 25.3. The quantitative estimate of drug-likeness (QED) is 0.158. The van der Waals surface area contributed by atoms with Crippen LogP contribution >= 0.6 is 0 Å². The molecule has 2 aromatic carbocycles. The highest BCUT2D eigenvalue weighted by Gasteiger charge is 2.79. The van der Waals surface area contributed by atoms with E-state index in [9.17, 15) is 19.2 Å². The van der Waals surface area contributed by atoms with Gasteiger partial charge >= 0.3 is 0 Å². The van der Waals surface area contributed by atoms with Crippen LogP contribution in [0.1, 0.15) is 63.1 Å². The Morgan fingerprint density at radius 1 is 0.679 bits per heavy atom. The lowest BCUT2D eigenvalue weighted by Crippen LogP contribution is -2.70. The van der Waals surface area contributed by atoms with Gasteiger partial charge in [-0.25, -0.2) is 0 Å². The molecule has 0 radical (unpaired) electrons. The summed E-state index contributed by atoms with van der Waals surface area (Å²) in [6, 6.07) is 15.6. The standard InChI is InChI=1S/C42H42N6O5/c1-7-39(3,4)33-25(23-13-9-11-15-29(23)43-33)21-31-35(49)47-19-17-27-28-18-20-48-36(50)32(46-38(52)42(28,48)53-41(27,47)37(51)45-31)22-26-24-14-10-12-16-30(24)44-34(26)40(5,6)8-2/h7-16,21-22,27-28,43-44H,1-2,17-20H2,3-6H3,(H,45,51)(H,46,52)/b31-21+,32-22+/t27-,28-,41-,42-/m1/s1. The molecule has 4 aromatic rings. The molecule has 4 N–H and O–H groups in total. The number of piperazine rings is 2. The van der Waals surface area contributed by atoms with Crippen molar-refractivity contribution in [2.75, 3.05) is 13.1 Å². The average Bonchev–Trinajstić information content (AvgIpc) is 3.94. The zero-order valence-corrected chi connectivity index (χ0v) is 30.3. The van der Waals surface area contributed by atoms with E-state index < -0.39 is 57.7 Å². The molecule has 9 rings (SSSR count). The zero-order chi connectivity index (χ0) is 37.2. The van der Waals surface area contributed by atoms with E-state index in [4.69, 9.17) is 4.74 Å². The molecule has 0 aliphatic carbocycles. The Labute approximate surface area is 306 Å². The second kappa shape index (κ2) is 10.9. The number of nitrogens with zero attached hydrogens (tertiary/aromatic N) is 2. The molecule has 0 saturated carbocycles. The number of carbonyl (C=O) groups is 4. The van der Waals surface area contributed by atoms with Crippen LogP contribution < -0.4 is 10.6 Å². The highest BCUT2D eigenvalue weighted by molar-refractivity contribution is 6.13. The number of aromatic amines is 2. The molecule has 4 amide bonds. The van der Waals surface area contributed by atoms with E-state index in [2.05, 4.69) is 33.8 Å². The number of benzene rings is 2. The topological polar surface area (TPSA) is 140 Å². The van der Waals surface area contributed by atoms with Crippen molar-refractivity contribution in [3.05, 3.63) is 108 Å². The highest BCUT2D eigenvalue weighted by atomic mass is 16.6. The molecule has 11 nitrogen and oxygen atoms in total. The molecule has 4 atom stereocenters. The third kappa shape index (κ3) is 4.25. The molecule has 5 aliphatic heterocycles. The highest BCUT2D eigenvalue weighted by Crippen LogP contribution is 2.61. The molecule has 2 aromatic heterocycles. The maximum Gasteiger partial charge on any atom is 0.278 e. The van der Waals surface area contributed by atoms with Crippen molar-refractivity contribution < 1.29 is 23.9 Å². The molecule has 5 fully saturated rings. The van der Waals surface area contributed by atoms with Gasteiger partial charge in [0.2, 0.25) is 11.4 Å². The maximum absolute atomic E-state index is 14.5. The lowest BCUT2D eigenvalue weighted by Gasteiger charge is -2.45. The monoisotopic (exact) mass is 710 g/mol. The minimum atomic E-state index is -1.74. The minimum Gasteiger partial charge on any atom is -0.357 e. The Morgan fingerprint density at radius 2 is 1.08 bits per heavy atom. The number of aromatic nitrogens is 2. The van der Waals surface area contributed by atoms with Gasteiger partial charge in [0.05, 0.1) is 0 Å². The Morgan fingerprint density at radius 3 is 1.47 bits per heavy atom. The Balaban J connectivity index is 1.08. The van der Waals surface area contributed by atoms with Gasteiger partial charge < -0.3 is 35.1 Å². The van der Waals surface area contributed by atoms with Crippen LogP contribution in [0.25, 0.3) is 34.0 Å². The van der Waals surface area contributed by atoms with Gasteiger partial charge in [-0.15, -0.1) is 13.2 Å². The Hall–Kier alpha value is -5.68. The van der Waals surface area contributed by atoms with Crippen molar-refractivity contribution in [3.63, 3.8) is 0 Å². The molecule has 2 spiro atoms. The van der Waals surface area contributed by atoms with E-state index in [1.807, 2.05) is 88.4 Å². The lowest BCUT2D eigenvalue weighted by molar-refractivity contribution is -0.225. The van der Waals surface area contributed by atoms with Gasteiger partial charge in [0.1, 0.15) is 11.4 Å². The number of amides is 4. The summed E-state index contributed by atoms with van der Waals surface area (Å²) < 4.78 is 6.75. The van der Waals surface area contributed by atoms with Crippen molar-refractivity contribution >= 4 is 57.6 Å². The summed E-state index contributed by atoms with van der Waals surface area (Å²) in [4.78, 5) is 67.7. The third-order valence-electron chi connectivity index (χ3n) is 12.4. The molecule has 0 bridgehead atoms. The largest absolute Gasteiger partial charge is 0.357 e. The predicted octanol–water partition coefficient (Wildman–Crippen LogP) is 5.34. The van der Waals surface area contributed by atoms with Crippen LogP contribution in [0.4, 0.5) is 0 Å². The fourth-order valence-electron chi connectivity index (χ4n) is 9.44. The van der Waals surface area contributed by atoms with Crippen molar-refractivity contribution in [1.29, 1.82) is 0 Å². The number of hydrogen-bond acceptors (Lipinski definition) is 5. The molecule has 7 heterocycles. The fourth-order valence-corrected chi connectivity index (χ4v) is 9.44. The summed E-state index contributed by atoms with van der Waals surface area (Å²) in [5, 5.41) is 7.60. The smallest absolute Gasteiger partial charge is 0.278 e. The van der Waals surface area contributed by atoms with Crippen LogP contribution in [-0.4, -0.2) is 67.9 Å². The number of ether oxygens (including phenoxy) is 1. The third-order valence-corrected chi connectivity index (χ3v) is 12.4. The van der Waals surface area contributed by atoms with E-state index >= 15 is 0 Å². The normalized spacial score (nSPS) is 28.4. The first-order valence-corrected chi connectivity index (χ1v) is 18.2. The molecular weight excluding hydrogens is 668 g/mol. The van der Waals surface area contributed by atoms with Crippen LogP contribution in [0.2, 0.25) is 0 Å². The first-order valence-electron chi connectivity index (χ1n) is 18.2. The van der Waals surface area contributed by atoms with Gasteiger partial charge in [0, 0.05) is 80.1 Å². The van der Waals surface area contributed by atoms with Crippen LogP contribution in [0, 0.1) is 11.8 Å². The number of rotatable bonds is 6. The van der Waals surface area contributed by atoms with Gasteiger partial charge in [-0.1, -0.05) is 76.2 Å². The summed E-state index contributed by atoms with van der Waals surface area (Å²) in [6.07, 6.45) is 8.04. The van der Waals surface area contributed by atoms with Gasteiger partial charge in [0.25, 0.3) is 23.6 Å². The first kappa shape index (κ1) is 33.2. The van der Waals surface area contributed by atoms with Crippen LogP contribution in [0.15, 0.2) is 85.2 Å². The molecule has 0 unspecified atom stereocenters. The SMILES string of the molecule is C=CC(C)(C)c1[nH]c2ccccc2c1/C=C1/NC(=O)[C@]23O[C@]45C(=O)N/C(=C/c6c(C(C)(C)C=C)[nH]c7ccccc67)C(=O)N4CC[C@@H]5[C@H]2CCN3C1=O. The van der Waals surface area contributed by atoms with Gasteiger partial charge in [0.15, 0.2) is 0 Å². The lowest BCUT2D eigenvalue weighted by atomic mass is 9.79. The summed E-state index contributed by atoms with van der Waals surface area (Å²) >= 11 is 0. The average molecular weight is 711 g/mol. The van der Waals surface area contributed by atoms with E-state index in [0.29, 0.717) is 12.8 Å². The number of nitrogens with one attached hydrogen (secondary N) is 4. The molecule has 11 heteroatoms. The number of fused-ring (bicyclic) bond motifs is 3. The second-order valence-electron chi connectivity index (χ2n) is 16.0. The van der Waals surface area contributed by atoms with E-state index in [-0.39, 0.29) is 24.5 Å². The Kier molecular flexibility index (Phi) is 6.84. The van der Waals surface area contributed by atoms with Crippen LogP contribution in [-0.2, 0) is 34.7 Å². The molecule has 5 saturated heterocycles. The number of para-hydroxylation sites is 2. The van der Waals surface area contributed by atoms with Gasteiger partial charge in [-0.2, -0.15) is 0 Å².